The molecule has 2 aromatic heterocycles. The number of hydrogen-bond acceptors (Lipinski definition) is 4. The van der Waals surface area contributed by atoms with Crippen LogP contribution in [0.5, 0.6) is 0 Å². The fourth-order valence-corrected chi connectivity index (χ4v) is 3.98. The molecule has 0 aliphatic carbocycles. The van der Waals surface area contributed by atoms with Crippen LogP contribution in [-0.4, -0.2) is 45.0 Å². The minimum absolute atomic E-state index is 0.0205. The molecule has 3 N–H and O–H groups in total. The molecule has 8 nitrogen and oxygen atoms in total. The van der Waals surface area contributed by atoms with Crippen molar-refractivity contribution in [2.24, 2.45) is 0 Å². The molecule has 0 bridgehead atoms. The third-order valence-electron chi connectivity index (χ3n) is 5.82. The van der Waals surface area contributed by atoms with Crippen LogP contribution in [0.4, 0.5) is 29.9 Å². The van der Waals surface area contributed by atoms with Gasteiger partial charge in [0.25, 0.3) is 0 Å². The minimum atomic E-state index is -1.43. The Balaban J connectivity index is 1.96. The van der Waals surface area contributed by atoms with Crippen molar-refractivity contribution in [1.82, 2.24) is 15.3 Å². The number of pyridine rings is 2. The number of amides is 3. The molecule has 0 aliphatic rings. The maximum atomic E-state index is 14.7. The Bertz CT molecular complexity index is 1350. The van der Waals surface area contributed by atoms with Crippen molar-refractivity contribution in [3.05, 3.63) is 47.5 Å². The fourth-order valence-electron chi connectivity index (χ4n) is 3.98. The van der Waals surface area contributed by atoms with Crippen molar-refractivity contribution in [2.75, 3.05) is 16.8 Å². The fraction of sp³-hybridized carbons (Fsp3) is 0.407. The molecule has 0 atom stereocenters. The zero-order chi connectivity index (χ0) is 27.7. The Morgan fingerprint density at radius 1 is 1.05 bits per heavy atom. The van der Waals surface area contributed by atoms with Crippen LogP contribution >= 0.6 is 0 Å². The summed E-state index contributed by atoms with van der Waals surface area (Å²) in [5, 5.41) is 15.4. The topological polar surface area (TPSA) is 107 Å². The number of benzene rings is 1. The summed E-state index contributed by atoms with van der Waals surface area (Å²) in [6.45, 7) is 11.8. The van der Waals surface area contributed by atoms with Crippen LogP contribution in [0, 0.1) is 19.7 Å². The van der Waals surface area contributed by atoms with E-state index < -0.39 is 29.1 Å². The number of nitrogens with one attached hydrogen (secondary N) is 2. The van der Waals surface area contributed by atoms with Gasteiger partial charge in [-0.2, -0.15) is 0 Å². The summed E-state index contributed by atoms with van der Waals surface area (Å²) in [6, 6.07) is 5.70. The van der Waals surface area contributed by atoms with Crippen LogP contribution in [-0.2, 0) is 0 Å². The highest BCUT2D eigenvalue weighted by molar-refractivity contribution is 5.93. The number of aryl methyl sites for hydroxylation is 2. The molecule has 3 rings (SSSR count). The molecule has 2 heterocycles. The number of halogens is 2. The molecule has 3 amide bonds. The molecular weight excluding hydrogens is 480 g/mol. The highest BCUT2D eigenvalue weighted by Gasteiger charge is 2.29. The standard InChI is InChI=1S/C27H33F2N5O3/c1-15-10-20(28)22(33-24(35)30-9-8-27(6,7)29)12-18(15)19-11-17-14-31-23(13-21(17)32-16(19)2)34(25(36)37)26(3,4)5/h10-14H,8-9H2,1-7H3,(H,36,37)(H2,30,33,35). The highest BCUT2D eigenvalue weighted by Crippen LogP contribution is 2.33. The van der Waals surface area contributed by atoms with Gasteiger partial charge in [-0.15, -0.1) is 0 Å². The number of urea groups is 1. The van der Waals surface area contributed by atoms with E-state index in [0.717, 1.165) is 0 Å². The van der Waals surface area contributed by atoms with Gasteiger partial charge in [-0.3, -0.25) is 9.88 Å². The Hall–Kier alpha value is -3.82. The monoisotopic (exact) mass is 513 g/mol. The summed E-state index contributed by atoms with van der Waals surface area (Å²) in [4.78, 5) is 34.3. The van der Waals surface area contributed by atoms with Gasteiger partial charge in [-0.25, -0.2) is 23.4 Å². The zero-order valence-corrected chi connectivity index (χ0v) is 22.2. The van der Waals surface area contributed by atoms with Crippen molar-refractivity contribution in [3.63, 3.8) is 0 Å². The van der Waals surface area contributed by atoms with Gasteiger partial charge in [0, 0.05) is 41.0 Å². The predicted molar refractivity (Wildman–Crippen MR) is 141 cm³/mol. The number of carboxylic acid groups (broad SMARTS) is 1. The van der Waals surface area contributed by atoms with E-state index in [-0.39, 0.29) is 24.5 Å². The molecule has 0 aliphatic heterocycles. The average Bonchev–Trinajstić information content (AvgIpc) is 2.73. The van der Waals surface area contributed by atoms with Crippen molar-refractivity contribution < 1.29 is 23.5 Å². The molecule has 1 aromatic carbocycles. The summed E-state index contributed by atoms with van der Waals surface area (Å²) in [5.41, 5.74) is 1.07. The molecule has 0 radical (unpaired) electrons. The maximum Gasteiger partial charge on any atom is 0.413 e. The lowest BCUT2D eigenvalue weighted by Crippen LogP contribution is -2.45. The maximum absolute atomic E-state index is 14.7. The number of rotatable bonds is 6. The second-order valence-corrected chi connectivity index (χ2v) is 10.6. The third kappa shape index (κ3) is 6.69. The quantitative estimate of drug-likeness (QED) is 0.344. The molecule has 0 fully saturated rings. The molecule has 3 aromatic rings. The van der Waals surface area contributed by atoms with Gasteiger partial charge in [0.1, 0.15) is 17.3 Å². The van der Waals surface area contributed by atoms with Gasteiger partial charge in [0.15, 0.2) is 0 Å². The molecule has 0 saturated heterocycles. The van der Waals surface area contributed by atoms with Gasteiger partial charge >= 0.3 is 12.1 Å². The Labute approximate surface area is 215 Å². The molecule has 0 spiro atoms. The number of aromatic nitrogens is 2. The average molecular weight is 514 g/mol. The van der Waals surface area contributed by atoms with Crippen LogP contribution in [0.15, 0.2) is 30.5 Å². The minimum Gasteiger partial charge on any atom is -0.465 e. The van der Waals surface area contributed by atoms with Crippen LogP contribution in [0.25, 0.3) is 22.0 Å². The van der Waals surface area contributed by atoms with Gasteiger partial charge in [-0.1, -0.05) is 0 Å². The van der Waals surface area contributed by atoms with E-state index in [1.165, 1.54) is 30.9 Å². The molecule has 0 unspecified atom stereocenters. The molecule has 198 valence electrons. The number of anilines is 2. The molecule has 37 heavy (non-hydrogen) atoms. The summed E-state index contributed by atoms with van der Waals surface area (Å²) >= 11 is 0. The van der Waals surface area contributed by atoms with E-state index in [0.29, 0.717) is 33.3 Å². The lowest BCUT2D eigenvalue weighted by atomic mass is 9.97. The summed E-state index contributed by atoms with van der Waals surface area (Å²) in [5.74, 6) is -0.338. The summed E-state index contributed by atoms with van der Waals surface area (Å²) in [7, 11) is 0. The first-order chi connectivity index (χ1) is 17.1. The first-order valence-corrected chi connectivity index (χ1v) is 11.9. The number of carbonyl (C=O) groups is 2. The van der Waals surface area contributed by atoms with E-state index in [4.69, 9.17) is 0 Å². The molecule has 0 saturated carbocycles. The third-order valence-corrected chi connectivity index (χ3v) is 5.82. The Morgan fingerprint density at radius 3 is 2.32 bits per heavy atom. The first kappa shape index (κ1) is 27.8. The largest absolute Gasteiger partial charge is 0.465 e. The van der Waals surface area contributed by atoms with E-state index in [9.17, 15) is 23.5 Å². The SMILES string of the molecule is Cc1cc(F)c(NC(=O)NCCC(C)(C)F)cc1-c1cc2cnc(N(C(=O)O)C(C)(C)C)cc2nc1C. The normalized spacial score (nSPS) is 11.9. The van der Waals surface area contributed by atoms with Gasteiger partial charge in [0.2, 0.25) is 0 Å². The van der Waals surface area contributed by atoms with Crippen LogP contribution in [0.1, 0.15) is 52.3 Å². The van der Waals surface area contributed by atoms with E-state index in [2.05, 4.69) is 20.6 Å². The number of carbonyl (C=O) groups excluding carboxylic acids is 1. The van der Waals surface area contributed by atoms with Crippen LogP contribution in [0.3, 0.4) is 0 Å². The van der Waals surface area contributed by atoms with Crippen LogP contribution < -0.4 is 15.5 Å². The predicted octanol–water partition coefficient (Wildman–Crippen LogP) is 6.60. The van der Waals surface area contributed by atoms with E-state index in [1.54, 1.807) is 46.9 Å². The number of fused-ring (bicyclic) bond motifs is 1. The van der Waals surface area contributed by atoms with Crippen molar-refractivity contribution in [1.29, 1.82) is 0 Å². The number of hydrogen-bond donors (Lipinski definition) is 3. The van der Waals surface area contributed by atoms with Crippen LogP contribution in [0.2, 0.25) is 0 Å². The van der Waals surface area contributed by atoms with Crippen molar-refractivity contribution in [3.8, 4) is 11.1 Å². The highest BCUT2D eigenvalue weighted by atomic mass is 19.1. The van der Waals surface area contributed by atoms with Gasteiger partial charge in [-0.05, 0) is 84.2 Å². The number of nitrogens with zero attached hydrogens (tertiary/aromatic N) is 3. The zero-order valence-electron chi connectivity index (χ0n) is 22.2. The smallest absolute Gasteiger partial charge is 0.413 e. The molecular formula is C27H33F2N5O3. The summed E-state index contributed by atoms with van der Waals surface area (Å²) < 4.78 is 28.3. The van der Waals surface area contributed by atoms with Crippen molar-refractivity contribution >= 4 is 34.5 Å². The van der Waals surface area contributed by atoms with Gasteiger partial charge in [0.05, 0.1) is 11.2 Å². The van der Waals surface area contributed by atoms with E-state index in [1.807, 2.05) is 6.07 Å². The Kier molecular flexibility index (Phi) is 7.71. The van der Waals surface area contributed by atoms with Crippen molar-refractivity contribution in [2.45, 2.75) is 66.1 Å². The number of alkyl halides is 1. The molecule has 10 heteroatoms. The second-order valence-electron chi connectivity index (χ2n) is 10.6. The summed E-state index contributed by atoms with van der Waals surface area (Å²) in [6.07, 6.45) is 0.562. The Morgan fingerprint density at radius 2 is 1.73 bits per heavy atom. The second kappa shape index (κ2) is 10.3. The lowest BCUT2D eigenvalue weighted by molar-refractivity contribution is 0.195. The first-order valence-electron chi connectivity index (χ1n) is 11.9. The van der Waals surface area contributed by atoms with E-state index >= 15 is 0 Å². The van der Waals surface area contributed by atoms with Gasteiger partial charge < -0.3 is 15.7 Å². The lowest BCUT2D eigenvalue weighted by Gasteiger charge is -2.32.